The van der Waals surface area contributed by atoms with Crippen molar-refractivity contribution in [2.75, 3.05) is 18.5 Å². The summed E-state index contributed by atoms with van der Waals surface area (Å²) in [6.45, 7) is 0. The summed E-state index contributed by atoms with van der Waals surface area (Å²) in [4.78, 5) is 65.2. The number of rotatable bonds is 12. The van der Waals surface area contributed by atoms with Gasteiger partial charge in [-0.15, -0.1) is 0 Å². The van der Waals surface area contributed by atoms with E-state index in [0.29, 0.717) is 0 Å². The zero-order valence-electron chi connectivity index (χ0n) is 22.8. The fraction of sp³-hybridized carbons (Fsp3) is 0.222. The maximum absolute atomic E-state index is 11.5. The van der Waals surface area contributed by atoms with Crippen LogP contribution in [0.2, 0.25) is 0 Å². The second kappa shape index (κ2) is 20.0. The van der Waals surface area contributed by atoms with Crippen molar-refractivity contribution in [3.8, 4) is 0 Å². The van der Waals surface area contributed by atoms with Crippen LogP contribution < -0.4 is 30.6 Å². The van der Waals surface area contributed by atoms with Crippen LogP contribution >= 0.6 is 22.1 Å². The fourth-order valence-corrected chi connectivity index (χ4v) is 7.19. The van der Waals surface area contributed by atoms with Crippen molar-refractivity contribution >= 4 is 55.9 Å². The van der Waals surface area contributed by atoms with Gasteiger partial charge in [-0.2, -0.15) is 0 Å². The Hall–Kier alpha value is -2.17. The van der Waals surface area contributed by atoms with Crippen molar-refractivity contribution in [3.05, 3.63) is 91.0 Å². The van der Waals surface area contributed by atoms with E-state index in [9.17, 15) is 42.8 Å². The van der Waals surface area contributed by atoms with Gasteiger partial charge in [0.15, 0.2) is 0 Å². The molecule has 3 unspecified atom stereocenters. The Morgan fingerprint density at radius 3 is 0.814 bits per heavy atom. The van der Waals surface area contributed by atoms with Crippen molar-refractivity contribution in [2.45, 2.75) is 19.3 Å². The number of aliphatic carboxylic acids is 3. The third-order valence-corrected chi connectivity index (χ3v) is 11.0. The number of carboxylic acid groups (broad SMARTS) is 3. The summed E-state index contributed by atoms with van der Waals surface area (Å²) in [5.74, 6) is -3.30. The fourth-order valence-electron chi connectivity index (χ4n) is 3.08. The number of benzene rings is 3. The van der Waals surface area contributed by atoms with Gasteiger partial charge in [0.05, 0.1) is 19.3 Å². The van der Waals surface area contributed by atoms with E-state index in [1.165, 1.54) is 36.4 Å². The molecule has 43 heavy (non-hydrogen) atoms. The Morgan fingerprint density at radius 1 is 0.465 bits per heavy atom. The summed E-state index contributed by atoms with van der Waals surface area (Å²) in [5, 5.41) is 25.7. The van der Waals surface area contributed by atoms with Crippen molar-refractivity contribution in [2.24, 2.45) is 0 Å². The van der Waals surface area contributed by atoms with E-state index in [1.54, 1.807) is 54.6 Å². The van der Waals surface area contributed by atoms with Crippen molar-refractivity contribution < 1.29 is 93.7 Å². The molecule has 0 amide bonds. The molecule has 0 saturated heterocycles. The van der Waals surface area contributed by atoms with Crippen molar-refractivity contribution in [1.82, 2.24) is 0 Å². The summed E-state index contributed by atoms with van der Waals surface area (Å²) < 4.78 is 34.5. The second-order valence-corrected chi connectivity index (χ2v) is 15.6. The minimum atomic E-state index is -3.73. The third kappa shape index (κ3) is 17.0. The molecule has 3 aromatic rings. The van der Waals surface area contributed by atoms with E-state index in [1.807, 2.05) is 0 Å². The van der Waals surface area contributed by atoms with Crippen molar-refractivity contribution in [3.63, 3.8) is 0 Å². The molecular weight excluding hydrogens is 748 g/mol. The third-order valence-electron chi connectivity index (χ3n) is 5.31. The summed E-state index contributed by atoms with van der Waals surface area (Å²) in [7, 11) is -11.2. The Morgan fingerprint density at radius 2 is 0.651 bits per heavy atom. The normalized spacial score (nSPS) is 14.3. The Bertz CT molecular complexity index is 1260. The first-order valence-electron chi connectivity index (χ1n) is 12.3. The van der Waals surface area contributed by atoms with Gasteiger partial charge in [0, 0.05) is 40.6 Å². The van der Waals surface area contributed by atoms with Gasteiger partial charge >= 0.3 is 53.5 Å². The summed E-state index contributed by atoms with van der Waals surface area (Å²) >= 11 is 0. The van der Waals surface area contributed by atoms with Gasteiger partial charge in [0.25, 0.3) is 0 Å². The van der Waals surface area contributed by atoms with Crippen molar-refractivity contribution in [1.29, 1.82) is 0 Å². The summed E-state index contributed by atoms with van der Waals surface area (Å²) in [5.41, 5.74) is 0. The smallest absolute Gasteiger partial charge is 0.796 e. The van der Waals surface area contributed by atoms with Crippen LogP contribution in [0.5, 0.6) is 0 Å². The van der Waals surface area contributed by atoms with Crippen LogP contribution in [0.15, 0.2) is 91.0 Å². The predicted molar refractivity (Wildman–Crippen MR) is 152 cm³/mol. The quantitative estimate of drug-likeness (QED) is 0.221. The molecule has 0 bridgehead atoms. The first-order valence-corrected chi connectivity index (χ1v) is 17.7. The van der Waals surface area contributed by atoms with Crippen LogP contribution in [-0.4, -0.2) is 51.7 Å². The van der Waals surface area contributed by atoms with Crippen LogP contribution in [0.3, 0.4) is 0 Å². The van der Waals surface area contributed by atoms with Gasteiger partial charge in [0.2, 0.25) is 0 Å². The van der Waals surface area contributed by atoms with Crippen LogP contribution in [0, 0.1) is 35.6 Å². The molecule has 3 N–H and O–H groups in total. The zero-order valence-corrected chi connectivity index (χ0v) is 29.1. The number of hydrogen-bond acceptors (Lipinski definition) is 9. The van der Waals surface area contributed by atoms with E-state index in [0.717, 1.165) is 0 Å². The molecular formula is C27H30LaO12P3. The first kappa shape index (κ1) is 40.8. The SMILES string of the molecule is O=C(O)CCP(=O)([O-])c1ccccc1.O=C(O)CCP(=O)([O-])c1ccccc1.O=C(O)CCP(=O)([O-])c1ccccc1.[La+3]. The largest absolute Gasteiger partial charge is 3.00 e. The molecule has 0 spiro atoms. The molecule has 0 aromatic heterocycles. The molecule has 0 aliphatic heterocycles. The van der Waals surface area contributed by atoms with E-state index in [-0.39, 0.29) is 89.3 Å². The molecule has 0 radical (unpaired) electrons. The van der Waals surface area contributed by atoms with E-state index < -0.39 is 40.0 Å². The Balaban J connectivity index is 0.000000608. The first-order chi connectivity index (χ1) is 19.6. The monoisotopic (exact) mass is 778 g/mol. The molecule has 16 heteroatoms. The molecule has 0 fully saturated rings. The van der Waals surface area contributed by atoms with Gasteiger partial charge < -0.3 is 43.7 Å². The second-order valence-electron chi connectivity index (χ2n) is 8.63. The number of carboxylic acids is 3. The standard InChI is InChI=1S/3C9H11O4P.La/c3*10-9(11)6-7-14(12,13)8-4-2-1-3-5-8;/h3*1-5H,6-7H2,(H,10,11)(H,12,13);/q;;;+3/p-3. The molecule has 12 nitrogen and oxygen atoms in total. The van der Waals surface area contributed by atoms with Crippen LogP contribution in [-0.2, 0) is 28.1 Å². The average molecular weight is 778 g/mol. The Kier molecular flexibility index (Phi) is 19.0. The topological polar surface area (TPSA) is 232 Å². The van der Waals surface area contributed by atoms with Crippen LogP contribution in [0.1, 0.15) is 19.3 Å². The average Bonchev–Trinajstić information content (AvgIpc) is 2.96. The van der Waals surface area contributed by atoms with Gasteiger partial charge in [-0.25, -0.2) is 0 Å². The molecule has 0 aliphatic rings. The van der Waals surface area contributed by atoms with Gasteiger partial charge in [-0.1, -0.05) is 91.0 Å². The van der Waals surface area contributed by atoms with E-state index >= 15 is 0 Å². The van der Waals surface area contributed by atoms with Gasteiger partial charge in [0.1, 0.15) is 0 Å². The van der Waals surface area contributed by atoms with E-state index in [4.69, 9.17) is 15.3 Å². The van der Waals surface area contributed by atoms with Crippen LogP contribution in [0.25, 0.3) is 0 Å². The zero-order chi connectivity index (χ0) is 31.8. The maximum Gasteiger partial charge on any atom is 3.00 e. The molecule has 3 atom stereocenters. The number of carbonyl (C=O) groups is 3. The van der Waals surface area contributed by atoms with E-state index in [2.05, 4.69) is 0 Å². The van der Waals surface area contributed by atoms with Gasteiger partial charge in [-0.3, -0.25) is 14.4 Å². The summed E-state index contributed by atoms with van der Waals surface area (Å²) in [6.07, 6.45) is -2.04. The number of hydrogen-bond donors (Lipinski definition) is 3. The molecule has 0 heterocycles. The Labute approximate surface area is 276 Å². The molecule has 0 aliphatic carbocycles. The minimum Gasteiger partial charge on any atom is -0.796 e. The maximum atomic E-state index is 11.5. The molecule has 228 valence electrons. The molecule has 3 aromatic carbocycles. The molecule has 0 saturated carbocycles. The molecule has 3 rings (SSSR count). The van der Waals surface area contributed by atoms with Crippen LogP contribution in [0.4, 0.5) is 0 Å². The van der Waals surface area contributed by atoms with Gasteiger partial charge in [-0.05, 0) is 15.9 Å². The summed E-state index contributed by atoms with van der Waals surface area (Å²) in [6, 6.07) is 23.6. The minimum absolute atomic E-state index is 0. The predicted octanol–water partition coefficient (Wildman–Crippen LogP) is 1.28.